The van der Waals surface area contributed by atoms with Gasteiger partial charge < -0.3 is 15.1 Å². The van der Waals surface area contributed by atoms with Crippen molar-refractivity contribution < 1.29 is 13.2 Å². The third-order valence-electron chi connectivity index (χ3n) is 6.13. The van der Waals surface area contributed by atoms with Crippen molar-refractivity contribution in [1.82, 2.24) is 4.90 Å². The standard InChI is InChI=1S/C23H26N4O3S2/c28-22(27-12-10-26(11-13-27)19-4-2-1-3-5-19)14-17-6-8-18(9-7-17)24-23-25-20-15-32(29,30)16-21(20)31-23/h1-9,20-21H,10-16H2,(H,24,25)/t20-,21+/m0/s1. The van der Waals surface area contributed by atoms with E-state index in [0.717, 1.165) is 42.6 Å². The molecule has 0 aromatic heterocycles. The molecule has 168 valence electrons. The summed E-state index contributed by atoms with van der Waals surface area (Å²) in [5.41, 5.74) is 3.08. The molecule has 32 heavy (non-hydrogen) atoms. The molecule has 2 atom stereocenters. The predicted molar refractivity (Wildman–Crippen MR) is 130 cm³/mol. The maximum atomic E-state index is 12.8. The van der Waals surface area contributed by atoms with Crippen LogP contribution in [0.15, 0.2) is 59.6 Å². The molecule has 2 saturated heterocycles. The second kappa shape index (κ2) is 8.78. The first kappa shape index (κ1) is 21.3. The minimum Gasteiger partial charge on any atom is -0.368 e. The number of nitrogens with one attached hydrogen (secondary N) is 1. The predicted octanol–water partition coefficient (Wildman–Crippen LogP) is 2.26. The van der Waals surface area contributed by atoms with Gasteiger partial charge in [-0.3, -0.25) is 9.79 Å². The number of anilines is 2. The number of amidine groups is 1. The number of carbonyl (C=O) groups excluding carboxylic acids is 1. The Hall–Kier alpha value is -2.52. The molecule has 0 saturated carbocycles. The van der Waals surface area contributed by atoms with Gasteiger partial charge in [0.2, 0.25) is 5.91 Å². The van der Waals surface area contributed by atoms with Crippen molar-refractivity contribution >= 4 is 44.0 Å². The largest absolute Gasteiger partial charge is 0.368 e. The summed E-state index contributed by atoms with van der Waals surface area (Å²) in [5, 5.41) is 4.08. The van der Waals surface area contributed by atoms with Crippen molar-refractivity contribution in [2.75, 3.05) is 47.9 Å². The zero-order chi connectivity index (χ0) is 22.1. The summed E-state index contributed by atoms with van der Waals surface area (Å²) in [6.07, 6.45) is 0.392. The number of amides is 1. The lowest BCUT2D eigenvalue weighted by molar-refractivity contribution is -0.130. The minimum absolute atomic E-state index is 0.0294. The molecule has 2 fully saturated rings. The van der Waals surface area contributed by atoms with Crippen LogP contribution in [0, 0.1) is 0 Å². The van der Waals surface area contributed by atoms with Crippen molar-refractivity contribution in [2.45, 2.75) is 17.7 Å². The van der Waals surface area contributed by atoms with Crippen molar-refractivity contribution in [3.8, 4) is 0 Å². The van der Waals surface area contributed by atoms with Gasteiger partial charge in [-0.15, -0.1) is 0 Å². The second-order valence-corrected chi connectivity index (χ2v) is 11.8. The maximum absolute atomic E-state index is 12.8. The summed E-state index contributed by atoms with van der Waals surface area (Å²) in [7, 11) is -2.94. The molecule has 1 N–H and O–H groups in total. The van der Waals surface area contributed by atoms with E-state index in [1.165, 1.54) is 17.4 Å². The fourth-order valence-corrected chi connectivity index (χ4v) is 8.06. The Morgan fingerprint density at radius 3 is 2.41 bits per heavy atom. The number of hydrogen-bond acceptors (Lipinski definition) is 7. The second-order valence-electron chi connectivity index (χ2n) is 8.44. The molecule has 5 rings (SSSR count). The van der Waals surface area contributed by atoms with E-state index in [0.29, 0.717) is 6.42 Å². The minimum atomic E-state index is -2.94. The first-order chi connectivity index (χ1) is 15.4. The highest BCUT2D eigenvalue weighted by atomic mass is 32.2. The highest BCUT2D eigenvalue weighted by Gasteiger charge is 2.42. The molecule has 1 amide bonds. The molecule has 3 aliphatic rings. The molecule has 0 aliphatic carbocycles. The lowest BCUT2D eigenvalue weighted by Crippen LogP contribution is -2.49. The van der Waals surface area contributed by atoms with Gasteiger partial charge >= 0.3 is 0 Å². The average molecular weight is 471 g/mol. The quantitative estimate of drug-likeness (QED) is 0.738. The fourth-order valence-electron chi connectivity index (χ4n) is 4.38. The third-order valence-corrected chi connectivity index (χ3v) is 9.27. The highest BCUT2D eigenvalue weighted by molar-refractivity contribution is 8.15. The smallest absolute Gasteiger partial charge is 0.227 e. The van der Waals surface area contributed by atoms with Crippen LogP contribution in [-0.2, 0) is 21.1 Å². The monoisotopic (exact) mass is 470 g/mol. The number of thioether (sulfide) groups is 1. The van der Waals surface area contributed by atoms with Gasteiger partial charge in [0.05, 0.1) is 24.0 Å². The number of fused-ring (bicyclic) bond motifs is 1. The number of sulfone groups is 1. The number of rotatable bonds is 4. The fraction of sp³-hybridized carbons (Fsp3) is 0.391. The van der Waals surface area contributed by atoms with E-state index in [9.17, 15) is 13.2 Å². The molecular formula is C23H26N4O3S2. The molecule has 2 aromatic carbocycles. The first-order valence-electron chi connectivity index (χ1n) is 10.8. The zero-order valence-electron chi connectivity index (χ0n) is 17.7. The molecule has 3 aliphatic heterocycles. The van der Waals surface area contributed by atoms with Crippen molar-refractivity contribution in [2.24, 2.45) is 4.99 Å². The highest BCUT2D eigenvalue weighted by Crippen LogP contribution is 2.34. The summed E-state index contributed by atoms with van der Waals surface area (Å²) >= 11 is 1.51. The van der Waals surface area contributed by atoms with Crippen LogP contribution in [0.5, 0.6) is 0 Å². The van der Waals surface area contributed by atoms with Crippen LogP contribution in [-0.4, -0.2) is 73.4 Å². The Kier molecular flexibility index (Phi) is 5.86. The van der Waals surface area contributed by atoms with Crippen molar-refractivity contribution in [3.63, 3.8) is 0 Å². The Morgan fingerprint density at radius 1 is 1.00 bits per heavy atom. The summed E-state index contributed by atoms with van der Waals surface area (Å²) < 4.78 is 23.4. The number of nitrogens with zero attached hydrogens (tertiary/aromatic N) is 3. The number of aliphatic imine (C=N–C) groups is 1. The lowest BCUT2D eigenvalue weighted by atomic mass is 10.1. The summed E-state index contributed by atoms with van der Waals surface area (Å²) in [6, 6.07) is 18.0. The summed E-state index contributed by atoms with van der Waals surface area (Å²) in [5.74, 6) is 0.511. The summed E-state index contributed by atoms with van der Waals surface area (Å²) in [4.78, 5) is 21.5. The molecule has 0 radical (unpaired) electrons. The third kappa shape index (κ3) is 4.78. The maximum Gasteiger partial charge on any atom is 0.227 e. The van der Waals surface area contributed by atoms with E-state index in [2.05, 4.69) is 27.3 Å². The molecule has 3 heterocycles. The van der Waals surface area contributed by atoms with Gasteiger partial charge in [0.25, 0.3) is 0 Å². The summed E-state index contributed by atoms with van der Waals surface area (Å²) in [6.45, 7) is 3.17. The van der Waals surface area contributed by atoms with Gasteiger partial charge in [0.15, 0.2) is 15.0 Å². The van der Waals surface area contributed by atoms with Crippen LogP contribution in [0.4, 0.5) is 11.4 Å². The Bertz CT molecular complexity index is 1110. The van der Waals surface area contributed by atoms with Gasteiger partial charge in [0.1, 0.15) is 0 Å². The average Bonchev–Trinajstić information content (AvgIpc) is 3.28. The number of para-hydroxylation sites is 1. The van der Waals surface area contributed by atoms with Gasteiger partial charge in [-0.1, -0.05) is 42.1 Å². The van der Waals surface area contributed by atoms with Crippen LogP contribution in [0.1, 0.15) is 5.56 Å². The normalized spacial score (nSPS) is 24.2. The Labute approximate surface area is 192 Å². The van der Waals surface area contributed by atoms with E-state index in [1.54, 1.807) is 0 Å². The van der Waals surface area contributed by atoms with Crippen LogP contribution < -0.4 is 10.2 Å². The van der Waals surface area contributed by atoms with Crippen LogP contribution in [0.3, 0.4) is 0 Å². The zero-order valence-corrected chi connectivity index (χ0v) is 19.3. The van der Waals surface area contributed by atoms with Gasteiger partial charge in [0, 0.05) is 42.8 Å². The van der Waals surface area contributed by atoms with E-state index >= 15 is 0 Å². The molecule has 7 nitrogen and oxygen atoms in total. The number of piperazine rings is 1. The van der Waals surface area contributed by atoms with Crippen molar-refractivity contribution in [3.05, 3.63) is 60.2 Å². The van der Waals surface area contributed by atoms with Crippen LogP contribution in [0.25, 0.3) is 0 Å². The van der Waals surface area contributed by atoms with Crippen molar-refractivity contribution in [1.29, 1.82) is 0 Å². The van der Waals surface area contributed by atoms with Gasteiger partial charge in [-0.2, -0.15) is 0 Å². The number of carbonyl (C=O) groups is 1. The molecule has 0 spiro atoms. The SMILES string of the molecule is O=C(Cc1ccc(NC2=N[C@H]3CS(=O)(=O)C[C@H]3S2)cc1)N1CCN(c2ccccc2)CC1. The number of hydrogen-bond donors (Lipinski definition) is 1. The van der Waals surface area contributed by atoms with Crippen LogP contribution >= 0.6 is 11.8 Å². The molecule has 2 aromatic rings. The molecule has 0 bridgehead atoms. The topological polar surface area (TPSA) is 82.1 Å². The number of benzene rings is 2. The van der Waals surface area contributed by atoms with E-state index < -0.39 is 9.84 Å². The van der Waals surface area contributed by atoms with Crippen LogP contribution in [0.2, 0.25) is 0 Å². The van der Waals surface area contributed by atoms with E-state index in [1.807, 2.05) is 47.4 Å². The Morgan fingerprint density at radius 2 is 1.72 bits per heavy atom. The van der Waals surface area contributed by atoms with E-state index in [-0.39, 0.29) is 28.7 Å². The van der Waals surface area contributed by atoms with Gasteiger partial charge in [-0.05, 0) is 29.8 Å². The first-order valence-corrected chi connectivity index (χ1v) is 13.5. The molecule has 9 heteroatoms. The van der Waals surface area contributed by atoms with Gasteiger partial charge in [-0.25, -0.2) is 8.42 Å². The lowest BCUT2D eigenvalue weighted by Gasteiger charge is -2.36. The van der Waals surface area contributed by atoms with E-state index in [4.69, 9.17) is 0 Å². The Balaban J connectivity index is 1.12. The molecular weight excluding hydrogens is 444 g/mol. The molecule has 0 unspecified atom stereocenters.